The summed E-state index contributed by atoms with van der Waals surface area (Å²) in [5.74, 6) is -0.376. The van der Waals surface area contributed by atoms with Crippen LogP contribution in [-0.2, 0) is 6.42 Å². The molecular weight excluding hydrogens is 473 g/mol. The summed E-state index contributed by atoms with van der Waals surface area (Å²) in [6.45, 7) is 0.347. The number of rotatable bonds is 5. The molecule has 2 aromatic carbocycles. The van der Waals surface area contributed by atoms with Gasteiger partial charge in [0.05, 0.1) is 10.5 Å². The Labute approximate surface area is 185 Å². The van der Waals surface area contributed by atoms with Crippen molar-refractivity contribution in [3.8, 4) is 0 Å². The largest absolute Gasteiger partial charge is 0.410 e. The normalized spacial score (nSPS) is 18.2. The Bertz CT molecular complexity index is 1050. The van der Waals surface area contributed by atoms with Gasteiger partial charge in [-0.15, -0.1) is 0 Å². The van der Waals surface area contributed by atoms with E-state index in [1.165, 1.54) is 0 Å². The molecule has 0 saturated heterocycles. The van der Waals surface area contributed by atoms with E-state index in [2.05, 4.69) is 31.7 Å². The van der Waals surface area contributed by atoms with Gasteiger partial charge >= 0.3 is 6.18 Å². The van der Waals surface area contributed by atoms with Crippen LogP contribution in [0.15, 0.2) is 65.1 Å². The maximum atomic E-state index is 13.8. The van der Waals surface area contributed by atoms with Crippen molar-refractivity contribution >= 4 is 27.7 Å². The molecule has 162 valence electrons. The Balaban J connectivity index is 1.57. The van der Waals surface area contributed by atoms with Gasteiger partial charge in [0, 0.05) is 13.0 Å². The van der Waals surface area contributed by atoms with Crippen LogP contribution in [0.2, 0.25) is 0 Å². The summed E-state index contributed by atoms with van der Waals surface area (Å²) in [6.07, 6.45) is -4.11. The van der Waals surface area contributed by atoms with E-state index < -0.39 is 24.2 Å². The third kappa shape index (κ3) is 4.61. The molecule has 5 nitrogen and oxygen atoms in total. The van der Waals surface area contributed by atoms with Gasteiger partial charge < -0.3 is 10.6 Å². The van der Waals surface area contributed by atoms with Gasteiger partial charge in [-0.3, -0.25) is 4.79 Å². The number of carbonyl (C=O) groups is 1. The zero-order valence-corrected chi connectivity index (χ0v) is 18.0. The average molecular weight is 493 g/mol. The highest BCUT2D eigenvalue weighted by atomic mass is 79.9. The number of nitrogens with one attached hydrogen (secondary N) is 2. The highest BCUT2D eigenvalue weighted by molar-refractivity contribution is 9.10. The number of fused-ring (bicyclic) bond motifs is 1. The van der Waals surface area contributed by atoms with Crippen LogP contribution in [0, 0.1) is 0 Å². The summed E-state index contributed by atoms with van der Waals surface area (Å²) in [4.78, 5) is 12.7. The number of hydrogen-bond donors (Lipinski definition) is 2. The second-order valence-electron chi connectivity index (χ2n) is 7.35. The summed E-state index contributed by atoms with van der Waals surface area (Å²) in [7, 11) is 0. The standard InChI is InChI=1S/C22H20BrF3N4O/c23-18-19(21(31)27-12-11-14-7-3-1-4-8-14)29-30-17(22(24,25)26)13-16(28-20(18)30)15-9-5-2-6-10-15/h1-10,16-17,28H,11-13H2,(H,27,31)/t16-,17+/m1/s1. The fourth-order valence-corrected chi connectivity index (χ4v) is 4.24. The number of halogens is 4. The van der Waals surface area contributed by atoms with E-state index in [-0.39, 0.29) is 22.4 Å². The van der Waals surface area contributed by atoms with Gasteiger partial charge in [0.1, 0.15) is 5.82 Å². The summed E-state index contributed by atoms with van der Waals surface area (Å²) >= 11 is 3.29. The molecule has 9 heteroatoms. The van der Waals surface area contributed by atoms with Crippen molar-refractivity contribution in [1.82, 2.24) is 15.1 Å². The Morgan fingerprint density at radius 1 is 1.13 bits per heavy atom. The van der Waals surface area contributed by atoms with Gasteiger partial charge in [-0.1, -0.05) is 60.7 Å². The Kier molecular flexibility index (Phi) is 6.04. The number of amides is 1. The minimum atomic E-state index is -4.50. The maximum Gasteiger partial charge on any atom is 0.410 e. The SMILES string of the molecule is O=C(NCCc1ccccc1)c1nn2c(c1Br)N[C@@H](c1ccccc1)C[C@H]2C(F)(F)F. The van der Waals surface area contributed by atoms with Crippen LogP contribution >= 0.6 is 15.9 Å². The summed E-state index contributed by atoms with van der Waals surface area (Å²) in [5.41, 5.74) is 1.72. The first kappa shape index (κ1) is 21.4. The molecule has 0 bridgehead atoms. The number of aromatic nitrogens is 2. The van der Waals surface area contributed by atoms with Crippen molar-refractivity contribution in [3.05, 3.63) is 82.0 Å². The molecule has 0 radical (unpaired) electrons. The van der Waals surface area contributed by atoms with Crippen LogP contribution in [0.3, 0.4) is 0 Å². The van der Waals surface area contributed by atoms with E-state index in [9.17, 15) is 18.0 Å². The molecule has 1 amide bonds. The minimum absolute atomic E-state index is 0.0708. The van der Waals surface area contributed by atoms with E-state index >= 15 is 0 Å². The topological polar surface area (TPSA) is 59.0 Å². The lowest BCUT2D eigenvalue weighted by molar-refractivity contribution is -0.173. The highest BCUT2D eigenvalue weighted by Crippen LogP contribution is 2.46. The van der Waals surface area contributed by atoms with Gasteiger partial charge in [-0.25, -0.2) is 4.68 Å². The van der Waals surface area contributed by atoms with Gasteiger partial charge in [0.15, 0.2) is 11.7 Å². The molecule has 0 unspecified atom stereocenters. The molecule has 1 aliphatic heterocycles. The second-order valence-corrected chi connectivity index (χ2v) is 8.14. The van der Waals surface area contributed by atoms with Crippen LogP contribution in [-0.4, -0.2) is 28.4 Å². The number of hydrogen-bond acceptors (Lipinski definition) is 3. The molecule has 0 spiro atoms. The Morgan fingerprint density at radius 3 is 2.42 bits per heavy atom. The van der Waals surface area contributed by atoms with E-state index in [0.717, 1.165) is 15.8 Å². The summed E-state index contributed by atoms with van der Waals surface area (Å²) in [5, 5.41) is 9.88. The van der Waals surface area contributed by atoms with Crippen molar-refractivity contribution in [1.29, 1.82) is 0 Å². The monoisotopic (exact) mass is 492 g/mol. The zero-order valence-electron chi connectivity index (χ0n) is 16.4. The van der Waals surface area contributed by atoms with E-state index in [4.69, 9.17) is 0 Å². The van der Waals surface area contributed by atoms with Crippen LogP contribution in [0.4, 0.5) is 19.0 Å². The first-order valence-corrected chi connectivity index (χ1v) is 10.6. The molecule has 2 atom stereocenters. The van der Waals surface area contributed by atoms with Crippen molar-refractivity contribution in [2.75, 3.05) is 11.9 Å². The van der Waals surface area contributed by atoms with Crippen LogP contribution < -0.4 is 10.6 Å². The highest BCUT2D eigenvalue weighted by Gasteiger charge is 2.47. The molecule has 1 aliphatic rings. The van der Waals surface area contributed by atoms with Crippen LogP contribution in [0.25, 0.3) is 0 Å². The predicted molar refractivity (Wildman–Crippen MR) is 115 cm³/mol. The number of alkyl halides is 3. The Hall–Kier alpha value is -2.81. The number of benzene rings is 2. The van der Waals surface area contributed by atoms with Crippen molar-refractivity contribution in [2.24, 2.45) is 0 Å². The Morgan fingerprint density at radius 2 is 1.77 bits per heavy atom. The minimum Gasteiger partial charge on any atom is -0.362 e. The molecule has 3 aromatic rings. The maximum absolute atomic E-state index is 13.8. The first-order valence-electron chi connectivity index (χ1n) is 9.83. The van der Waals surface area contributed by atoms with Gasteiger partial charge in [0.2, 0.25) is 0 Å². The fourth-order valence-electron chi connectivity index (χ4n) is 3.69. The van der Waals surface area contributed by atoms with Crippen molar-refractivity contribution < 1.29 is 18.0 Å². The van der Waals surface area contributed by atoms with E-state index in [1.54, 1.807) is 24.3 Å². The molecule has 4 rings (SSSR count). The third-order valence-electron chi connectivity index (χ3n) is 5.25. The average Bonchev–Trinajstić information content (AvgIpc) is 3.10. The van der Waals surface area contributed by atoms with Gasteiger partial charge in [-0.05, 0) is 33.5 Å². The molecular formula is C22H20BrF3N4O. The molecule has 2 heterocycles. The lowest BCUT2D eigenvalue weighted by Crippen LogP contribution is -2.36. The molecule has 0 fully saturated rings. The van der Waals surface area contributed by atoms with Gasteiger partial charge in [-0.2, -0.15) is 18.3 Å². The van der Waals surface area contributed by atoms with Crippen LogP contribution in [0.1, 0.15) is 40.1 Å². The predicted octanol–water partition coefficient (Wildman–Crippen LogP) is 5.28. The number of nitrogens with zero attached hydrogens (tertiary/aromatic N) is 2. The van der Waals surface area contributed by atoms with E-state index in [0.29, 0.717) is 13.0 Å². The zero-order chi connectivity index (χ0) is 22.0. The first-order chi connectivity index (χ1) is 14.8. The fraction of sp³-hybridized carbons (Fsp3) is 0.273. The number of carbonyl (C=O) groups excluding carboxylic acids is 1. The summed E-state index contributed by atoms with van der Waals surface area (Å²) in [6, 6.07) is 16.2. The molecule has 31 heavy (non-hydrogen) atoms. The van der Waals surface area contributed by atoms with Gasteiger partial charge in [0.25, 0.3) is 5.91 Å². The van der Waals surface area contributed by atoms with Crippen LogP contribution in [0.5, 0.6) is 0 Å². The van der Waals surface area contributed by atoms with E-state index in [1.807, 2.05) is 36.4 Å². The third-order valence-corrected chi connectivity index (χ3v) is 6.01. The summed E-state index contributed by atoms with van der Waals surface area (Å²) < 4.78 is 42.6. The molecule has 0 saturated carbocycles. The molecule has 0 aliphatic carbocycles. The molecule has 1 aromatic heterocycles. The lowest BCUT2D eigenvalue weighted by Gasteiger charge is -2.33. The van der Waals surface area contributed by atoms with Crippen molar-refractivity contribution in [3.63, 3.8) is 0 Å². The number of anilines is 1. The smallest absolute Gasteiger partial charge is 0.362 e. The molecule has 2 N–H and O–H groups in total. The second kappa shape index (κ2) is 8.74. The van der Waals surface area contributed by atoms with Crippen molar-refractivity contribution in [2.45, 2.75) is 31.1 Å². The quantitative estimate of drug-likeness (QED) is 0.509. The lowest BCUT2D eigenvalue weighted by atomic mass is 9.97.